The fourth-order valence-electron chi connectivity index (χ4n) is 3.19. The third-order valence-corrected chi connectivity index (χ3v) is 6.42. The summed E-state index contributed by atoms with van der Waals surface area (Å²) < 4.78 is 49.3. The lowest BCUT2D eigenvalue weighted by atomic mass is 10.1. The monoisotopic (exact) mass is 505 g/mol. The Hall–Kier alpha value is -3.56. The van der Waals surface area contributed by atoms with Crippen LogP contribution in [0, 0.1) is 0 Å². The van der Waals surface area contributed by atoms with Crippen LogP contribution in [0.3, 0.4) is 0 Å². The number of phenolic OH excluding ortho intramolecular Hbond substituents is 1. The summed E-state index contributed by atoms with van der Waals surface area (Å²) in [5, 5.41) is 10.8. The standard InChI is InChI=1S/C24H24ClNO7S/c1-30-20-11-15(8-9-16-12-21(31-2)24(33-4)22(13-16)32-3)10-19(23(20)27)26-34(28,29)18-7-5-6-17(25)14-18/h5-14,26-27H,1-4H3. The molecule has 2 N–H and O–H groups in total. The van der Waals surface area contributed by atoms with Gasteiger partial charge in [0, 0.05) is 5.02 Å². The summed E-state index contributed by atoms with van der Waals surface area (Å²) in [7, 11) is 1.92. The number of ether oxygens (including phenoxy) is 4. The predicted molar refractivity (Wildman–Crippen MR) is 132 cm³/mol. The van der Waals surface area contributed by atoms with E-state index in [1.165, 1.54) is 52.7 Å². The van der Waals surface area contributed by atoms with Crippen LogP contribution in [-0.4, -0.2) is 42.0 Å². The van der Waals surface area contributed by atoms with Gasteiger partial charge in [0.25, 0.3) is 10.0 Å². The Labute approximate surface area is 203 Å². The van der Waals surface area contributed by atoms with Crippen LogP contribution < -0.4 is 23.7 Å². The third kappa shape index (κ3) is 5.49. The third-order valence-electron chi connectivity index (χ3n) is 4.82. The molecule has 8 nitrogen and oxygen atoms in total. The molecule has 0 aromatic heterocycles. The summed E-state index contributed by atoms with van der Waals surface area (Å²) in [5.41, 5.74) is 1.25. The molecular formula is C24H24ClNO7S. The van der Waals surface area contributed by atoms with Crippen LogP contribution in [0.4, 0.5) is 5.69 Å². The van der Waals surface area contributed by atoms with E-state index < -0.39 is 10.0 Å². The minimum Gasteiger partial charge on any atom is -0.503 e. The van der Waals surface area contributed by atoms with Crippen LogP contribution in [0.2, 0.25) is 5.02 Å². The fourth-order valence-corrected chi connectivity index (χ4v) is 4.54. The quantitative estimate of drug-likeness (QED) is 0.310. The zero-order chi connectivity index (χ0) is 24.9. The van der Waals surface area contributed by atoms with E-state index in [0.29, 0.717) is 22.8 Å². The molecule has 0 atom stereocenters. The molecule has 0 unspecified atom stereocenters. The average Bonchev–Trinajstić information content (AvgIpc) is 2.83. The lowest BCUT2D eigenvalue weighted by molar-refractivity contribution is 0.324. The van der Waals surface area contributed by atoms with E-state index in [1.807, 2.05) is 0 Å². The van der Waals surface area contributed by atoms with Crippen molar-refractivity contribution in [2.45, 2.75) is 4.90 Å². The zero-order valence-corrected chi connectivity index (χ0v) is 20.5. The number of anilines is 1. The summed E-state index contributed by atoms with van der Waals surface area (Å²) in [4.78, 5) is -0.0447. The Bertz CT molecular complexity index is 1300. The van der Waals surface area contributed by atoms with Crippen molar-refractivity contribution in [1.29, 1.82) is 0 Å². The summed E-state index contributed by atoms with van der Waals surface area (Å²) in [5.74, 6) is 1.18. The van der Waals surface area contributed by atoms with Gasteiger partial charge in [0.1, 0.15) is 0 Å². The van der Waals surface area contributed by atoms with Gasteiger partial charge in [-0.15, -0.1) is 0 Å². The molecule has 180 valence electrons. The summed E-state index contributed by atoms with van der Waals surface area (Å²) in [6, 6.07) is 12.4. The smallest absolute Gasteiger partial charge is 0.262 e. The first-order chi connectivity index (χ1) is 16.2. The van der Waals surface area contributed by atoms with Crippen molar-refractivity contribution in [2.75, 3.05) is 33.2 Å². The highest BCUT2D eigenvalue weighted by Gasteiger charge is 2.19. The van der Waals surface area contributed by atoms with Crippen molar-refractivity contribution in [3.8, 4) is 28.7 Å². The van der Waals surface area contributed by atoms with Crippen LogP contribution in [0.15, 0.2) is 53.4 Å². The molecule has 3 aromatic carbocycles. The normalized spacial score (nSPS) is 11.3. The maximum atomic E-state index is 12.8. The van der Waals surface area contributed by atoms with Crippen LogP contribution in [0.5, 0.6) is 28.7 Å². The van der Waals surface area contributed by atoms with Gasteiger partial charge in [-0.25, -0.2) is 8.42 Å². The molecule has 0 fully saturated rings. The molecule has 0 aliphatic rings. The van der Waals surface area contributed by atoms with E-state index in [4.69, 9.17) is 30.5 Å². The Morgan fingerprint density at radius 3 is 1.91 bits per heavy atom. The predicted octanol–water partition coefficient (Wildman–Crippen LogP) is 5.05. The molecule has 3 aromatic rings. The Balaban J connectivity index is 2.00. The largest absolute Gasteiger partial charge is 0.503 e. The highest BCUT2D eigenvalue weighted by Crippen LogP contribution is 2.40. The van der Waals surface area contributed by atoms with Crippen LogP contribution in [0.1, 0.15) is 11.1 Å². The molecule has 0 aliphatic heterocycles. The maximum Gasteiger partial charge on any atom is 0.262 e. The van der Waals surface area contributed by atoms with Crippen molar-refractivity contribution in [3.05, 3.63) is 64.7 Å². The molecular weight excluding hydrogens is 482 g/mol. The van der Waals surface area contributed by atoms with E-state index in [-0.39, 0.29) is 27.1 Å². The van der Waals surface area contributed by atoms with Gasteiger partial charge >= 0.3 is 0 Å². The van der Waals surface area contributed by atoms with E-state index in [0.717, 1.165) is 5.56 Å². The minimum atomic E-state index is -4.01. The van der Waals surface area contributed by atoms with E-state index in [2.05, 4.69) is 4.72 Å². The number of nitrogens with one attached hydrogen (secondary N) is 1. The van der Waals surface area contributed by atoms with Gasteiger partial charge < -0.3 is 24.1 Å². The van der Waals surface area contributed by atoms with Gasteiger partial charge in [0.15, 0.2) is 23.0 Å². The molecule has 34 heavy (non-hydrogen) atoms. The average molecular weight is 506 g/mol. The Morgan fingerprint density at radius 1 is 0.824 bits per heavy atom. The van der Waals surface area contributed by atoms with Crippen LogP contribution >= 0.6 is 11.6 Å². The van der Waals surface area contributed by atoms with Gasteiger partial charge in [-0.2, -0.15) is 0 Å². The number of hydrogen-bond acceptors (Lipinski definition) is 7. The highest BCUT2D eigenvalue weighted by molar-refractivity contribution is 7.92. The van der Waals surface area contributed by atoms with E-state index in [1.54, 1.807) is 36.4 Å². The van der Waals surface area contributed by atoms with Crippen molar-refractivity contribution in [3.63, 3.8) is 0 Å². The number of methoxy groups -OCH3 is 4. The number of benzene rings is 3. The number of hydrogen-bond donors (Lipinski definition) is 2. The molecule has 0 amide bonds. The van der Waals surface area contributed by atoms with Gasteiger partial charge in [-0.3, -0.25) is 4.72 Å². The van der Waals surface area contributed by atoms with E-state index >= 15 is 0 Å². The summed E-state index contributed by atoms with van der Waals surface area (Å²) >= 11 is 5.92. The first-order valence-corrected chi connectivity index (χ1v) is 11.8. The lowest BCUT2D eigenvalue weighted by Crippen LogP contribution is -2.13. The summed E-state index contributed by atoms with van der Waals surface area (Å²) in [6.07, 6.45) is 3.49. The van der Waals surface area contributed by atoms with Crippen molar-refractivity contribution in [2.24, 2.45) is 0 Å². The molecule has 0 bridgehead atoms. The Morgan fingerprint density at radius 2 is 1.38 bits per heavy atom. The number of rotatable bonds is 9. The number of halogens is 1. The minimum absolute atomic E-state index is 0.0447. The molecule has 10 heteroatoms. The SMILES string of the molecule is COc1cc(C=Cc2cc(OC)c(OC)c(OC)c2)cc(NS(=O)(=O)c2cccc(Cl)c2)c1O. The van der Waals surface area contributed by atoms with Gasteiger partial charge in [0.2, 0.25) is 5.75 Å². The number of phenols is 1. The second-order valence-electron chi connectivity index (χ2n) is 6.97. The van der Waals surface area contributed by atoms with Gasteiger partial charge in [-0.1, -0.05) is 29.8 Å². The molecule has 0 saturated heterocycles. The number of aromatic hydroxyl groups is 1. The first kappa shape index (κ1) is 25.1. The first-order valence-electron chi connectivity index (χ1n) is 9.90. The molecule has 0 spiro atoms. The van der Waals surface area contributed by atoms with Gasteiger partial charge in [0.05, 0.1) is 39.0 Å². The number of sulfonamides is 1. The second kappa shape index (κ2) is 10.6. The highest BCUT2D eigenvalue weighted by atomic mass is 35.5. The van der Waals surface area contributed by atoms with Crippen molar-refractivity contribution < 1.29 is 32.5 Å². The zero-order valence-electron chi connectivity index (χ0n) is 19.0. The maximum absolute atomic E-state index is 12.8. The Kier molecular flexibility index (Phi) is 7.80. The van der Waals surface area contributed by atoms with Crippen molar-refractivity contribution >= 4 is 39.5 Å². The molecule has 0 heterocycles. The molecule has 0 saturated carbocycles. The fraction of sp³-hybridized carbons (Fsp3) is 0.167. The second-order valence-corrected chi connectivity index (χ2v) is 9.09. The lowest BCUT2D eigenvalue weighted by Gasteiger charge is -2.14. The molecule has 0 aliphatic carbocycles. The van der Waals surface area contributed by atoms with Gasteiger partial charge in [-0.05, 0) is 53.6 Å². The van der Waals surface area contributed by atoms with Crippen LogP contribution in [0.25, 0.3) is 12.2 Å². The van der Waals surface area contributed by atoms with Crippen LogP contribution in [-0.2, 0) is 10.0 Å². The molecule has 0 radical (unpaired) electrons. The molecule has 3 rings (SSSR count). The topological polar surface area (TPSA) is 103 Å². The van der Waals surface area contributed by atoms with E-state index in [9.17, 15) is 13.5 Å². The van der Waals surface area contributed by atoms with Crippen molar-refractivity contribution in [1.82, 2.24) is 0 Å². The summed E-state index contributed by atoms with van der Waals surface area (Å²) in [6.45, 7) is 0.